The van der Waals surface area contributed by atoms with Crippen molar-refractivity contribution in [3.63, 3.8) is 0 Å². The van der Waals surface area contributed by atoms with Crippen LogP contribution in [0.5, 0.6) is 17.2 Å². The number of methoxy groups -OCH3 is 1. The van der Waals surface area contributed by atoms with Crippen LogP contribution < -0.4 is 14.8 Å². The lowest BCUT2D eigenvalue weighted by molar-refractivity contribution is 0.0694. The van der Waals surface area contributed by atoms with Crippen molar-refractivity contribution < 1.29 is 24.2 Å². The number of aromatic carboxylic acids is 1. The summed E-state index contributed by atoms with van der Waals surface area (Å²) in [5.74, 6) is 0.485. The first kappa shape index (κ1) is 24.2. The van der Waals surface area contributed by atoms with Crippen molar-refractivity contribution in [3.05, 3.63) is 119 Å². The van der Waals surface area contributed by atoms with Crippen LogP contribution in [0.1, 0.15) is 31.8 Å². The maximum absolute atomic E-state index is 13.8. The minimum absolute atomic E-state index is 0.0399. The molecule has 0 aliphatic carbocycles. The number of amides is 1. The molecule has 7 aromatic rings. The second-order valence-electron chi connectivity index (χ2n) is 10.6. The Morgan fingerprint density at radius 2 is 1.45 bits per heavy atom. The predicted octanol–water partition coefficient (Wildman–Crippen LogP) is 8.39. The van der Waals surface area contributed by atoms with Crippen molar-refractivity contribution in [1.29, 1.82) is 0 Å². The summed E-state index contributed by atoms with van der Waals surface area (Å²) in [4.78, 5) is 26.4. The molecular weight excluding hydrogens is 526 g/mol. The summed E-state index contributed by atoms with van der Waals surface area (Å²) in [7, 11) is 1.61. The lowest BCUT2D eigenvalue weighted by Crippen LogP contribution is -2.17. The van der Waals surface area contributed by atoms with E-state index in [1.54, 1.807) is 25.3 Å². The van der Waals surface area contributed by atoms with Gasteiger partial charge in [0.05, 0.1) is 18.2 Å². The molecule has 0 saturated carbocycles. The lowest BCUT2D eigenvalue weighted by atomic mass is 9.90. The quantitative estimate of drug-likeness (QED) is 0.215. The smallest absolute Gasteiger partial charge is 0.337 e. The van der Waals surface area contributed by atoms with E-state index in [2.05, 4.69) is 35.6 Å². The molecule has 0 aromatic heterocycles. The van der Waals surface area contributed by atoms with Crippen molar-refractivity contribution in [2.75, 3.05) is 12.4 Å². The Balaban J connectivity index is 1.23. The summed E-state index contributed by atoms with van der Waals surface area (Å²) >= 11 is 0. The third-order valence-corrected chi connectivity index (χ3v) is 8.36. The molecule has 6 nitrogen and oxygen atoms in total. The minimum Gasteiger partial charge on any atom is -0.497 e. The Morgan fingerprint density at radius 3 is 2.24 bits per heavy atom. The molecule has 42 heavy (non-hydrogen) atoms. The number of ether oxygens (including phenoxy) is 2. The number of hydrogen-bond acceptors (Lipinski definition) is 4. The van der Waals surface area contributed by atoms with Crippen molar-refractivity contribution >= 4 is 60.7 Å². The number of rotatable bonds is 4. The third-order valence-electron chi connectivity index (χ3n) is 8.36. The third kappa shape index (κ3) is 3.52. The van der Waals surface area contributed by atoms with Gasteiger partial charge in [0, 0.05) is 28.6 Å². The molecule has 1 aliphatic rings. The molecule has 8 rings (SSSR count). The molecule has 0 unspecified atom stereocenters. The largest absolute Gasteiger partial charge is 0.497 e. The number of fused-ring (bicyclic) bond motifs is 4. The molecule has 0 radical (unpaired) electrons. The van der Waals surface area contributed by atoms with Crippen molar-refractivity contribution in [1.82, 2.24) is 0 Å². The number of benzene rings is 7. The lowest BCUT2D eigenvalue weighted by Gasteiger charge is -2.23. The molecule has 0 saturated heterocycles. The van der Waals surface area contributed by atoms with Gasteiger partial charge in [0.15, 0.2) is 0 Å². The molecular formula is C36H23NO5. The van der Waals surface area contributed by atoms with Crippen LogP contribution in [0, 0.1) is 0 Å². The Kier molecular flexibility index (Phi) is 5.15. The highest BCUT2D eigenvalue weighted by Crippen LogP contribution is 2.43. The van der Waals surface area contributed by atoms with Gasteiger partial charge in [-0.3, -0.25) is 4.79 Å². The van der Waals surface area contributed by atoms with Gasteiger partial charge in [-0.05, 0) is 80.2 Å². The Bertz CT molecular complexity index is 2250. The molecule has 0 fully saturated rings. The molecule has 1 heterocycles. The maximum atomic E-state index is 13.8. The molecule has 2 N–H and O–H groups in total. The Labute approximate surface area is 240 Å². The van der Waals surface area contributed by atoms with E-state index in [0.717, 1.165) is 60.3 Å². The van der Waals surface area contributed by atoms with Gasteiger partial charge in [0.1, 0.15) is 17.2 Å². The molecule has 6 heteroatoms. The summed E-state index contributed by atoms with van der Waals surface area (Å²) in [6.45, 7) is 0. The SMILES string of the molecule is COc1ccc2c(c1)Cc1c(ccc3c(C(=O)O)c(C(=O)Nc4ccc5ccc6cccc7ccc4c5c67)ccc13)O2. The van der Waals surface area contributed by atoms with E-state index in [-0.39, 0.29) is 11.1 Å². The van der Waals surface area contributed by atoms with Crippen LogP contribution >= 0.6 is 0 Å². The van der Waals surface area contributed by atoms with E-state index in [4.69, 9.17) is 9.47 Å². The van der Waals surface area contributed by atoms with Gasteiger partial charge in [-0.1, -0.05) is 54.6 Å². The highest BCUT2D eigenvalue weighted by molar-refractivity contribution is 6.27. The fourth-order valence-electron chi connectivity index (χ4n) is 6.41. The molecule has 0 bridgehead atoms. The van der Waals surface area contributed by atoms with Gasteiger partial charge in [-0.25, -0.2) is 4.79 Å². The van der Waals surface area contributed by atoms with Crippen LogP contribution in [-0.4, -0.2) is 24.1 Å². The van der Waals surface area contributed by atoms with E-state index in [1.807, 2.05) is 48.5 Å². The molecule has 202 valence electrons. The first-order chi connectivity index (χ1) is 20.5. The van der Waals surface area contributed by atoms with Crippen molar-refractivity contribution in [2.45, 2.75) is 6.42 Å². The zero-order valence-electron chi connectivity index (χ0n) is 22.5. The summed E-state index contributed by atoms with van der Waals surface area (Å²) in [6.07, 6.45) is 0.548. The van der Waals surface area contributed by atoms with Crippen LogP contribution in [0.15, 0.2) is 97.1 Å². The fourth-order valence-corrected chi connectivity index (χ4v) is 6.41. The fraction of sp³-hybridized carbons (Fsp3) is 0.0556. The van der Waals surface area contributed by atoms with Gasteiger partial charge < -0.3 is 19.9 Å². The zero-order valence-corrected chi connectivity index (χ0v) is 22.5. The number of nitrogens with one attached hydrogen (secondary N) is 1. The number of carboxylic acids is 1. The first-order valence-electron chi connectivity index (χ1n) is 13.6. The highest BCUT2D eigenvalue weighted by atomic mass is 16.5. The van der Waals surface area contributed by atoms with E-state index >= 15 is 0 Å². The number of carbonyl (C=O) groups is 2. The average molecular weight is 550 g/mol. The molecule has 1 amide bonds. The maximum Gasteiger partial charge on any atom is 0.337 e. The monoisotopic (exact) mass is 549 g/mol. The van der Waals surface area contributed by atoms with E-state index in [1.165, 1.54) is 0 Å². The second kappa shape index (κ2) is 8.94. The Hall–Kier alpha value is -5.62. The van der Waals surface area contributed by atoms with Crippen LogP contribution in [0.2, 0.25) is 0 Å². The zero-order chi connectivity index (χ0) is 28.5. The first-order valence-corrected chi connectivity index (χ1v) is 13.6. The van der Waals surface area contributed by atoms with Crippen molar-refractivity contribution in [3.8, 4) is 17.2 Å². The van der Waals surface area contributed by atoms with Gasteiger partial charge in [0.25, 0.3) is 5.91 Å². The average Bonchev–Trinajstić information content (AvgIpc) is 3.02. The summed E-state index contributed by atoms with van der Waals surface area (Å²) < 4.78 is 11.5. The molecule has 0 spiro atoms. The second-order valence-corrected chi connectivity index (χ2v) is 10.6. The molecule has 1 aliphatic heterocycles. The van der Waals surface area contributed by atoms with Gasteiger partial charge >= 0.3 is 5.97 Å². The summed E-state index contributed by atoms with van der Waals surface area (Å²) in [5.41, 5.74) is 2.50. The molecule has 7 aromatic carbocycles. The highest BCUT2D eigenvalue weighted by Gasteiger charge is 2.25. The molecule has 0 atom stereocenters. The van der Waals surface area contributed by atoms with E-state index < -0.39 is 11.9 Å². The van der Waals surface area contributed by atoms with Crippen LogP contribution in [0.4, 0.5) is 5.69 Å². The number of carboxylic acid groups (broad SMARTS) is 1. The van der Waals surface area contributed by atoms with Crippen LogP contribution in [-0.2, 0) is 6.42 Å². The van der Waals surface area contributed by atoms with Gasteiger partial charge in [-0.2, -0.15) is 0 Å². The van der Waals surface area contributed by atoms with Gasteiger partial charge in [0.2, 0.25) is 0 Å². The number of carbonyl (C=O) groups excluding carboxylic acids is 1. The minimum atomic E-state index is -1.17. The predicted molar refractivity (Wildman–Crippen MR) is 165 cm³/mol. The van der Waals surface area contributed by atoms with Crippen molar-refractivity contribution in [2.24, 2.45) is 0 Å². The topological polar surface area (TPSA) is 84.9 Å². The summed E-state index contributed by atoms with van der Waals surface area (Å²) in [5, 5.41) is 21.0. The number of hydrogen-bond donors (Lipinski definition) is 2. The van der Waals surface area contributed by atoms with E-state index in [9.17, 15) is 14.7 Å². The van der Waals surface area contributed by atoms with E-state index in [0.29, 0.717) is 23.2 Å². The Morgan fingerprint density at radius 1 is 0.762 bits per heavy atom. The van der Waals surface area contributed by atoms with Crippen LogP contribution in [0.25, 0.3) is 43.1 Å². The normalized spacial score (nSPS) is 12.3. The summed E-state index contributed by atoms with van der Waals surface area (Å²) in [6, 6.07) is 30.9. The number of anilines is 1. The van der Waals surface area contributed by atoms with Crippen LogP contribution in [0.3, 0.4) is 0 Å². The van der Waals surface area contributed by atoms with Gasteiger partial charge in [-0.15, -0.1) is 0 Å². The standard InChI is InChI=1S/C36H23NO5/c1-41-23-9-15-30-22(17-23)18-28-24-11-12-27(34(36(39)40)25(24)13-16-31(28)42-30)35(38)37-29-14-8-21-6-5-19-3-2-4-20-7-10-26(29)33(21)32(19)20/h2-17H,18H2,1H3,(H,37,38)(H,39,40).